The largest absolute Gasteiger partial charge is 0.394 e. The van der Waals surface area contributed by atoms with Gasteiger partial charge in [-0.25, -0.2) is 0 Å². The zero-order chi connectivity index (χ0) is 14.4. The molecule has 20 heavy (non-hydrogen) atoms. The Labute approximate surface area is 116 Å². The van der Waals surface area contributed by atoms with Gasteiger partial charge in [0.05, 0.1) is 6.61 Å². The van der Waals surface area contributed by atoms with E-state index in [-0.39, 0.29) is 22.3 Å². The molecule has 11 heteroatoms. The predicted molar refractivity (Wildman–Crippen MR) is 65.5 cm³/mol. The molecule has 0 amide bonds. The van der Waals surface area contributed by atoms with E-state index >= 15 is 0 Å². The van der Waals surface area contributed by atoms with Crippen molar-refractivity contribution < 1.29 is 20.1 Å². The van der Waals surface area contributed by atoms with Gasteiger partial charge in [-0.05, 0) is 0 Å². The molecule has 0 aromatic carbocycles. The normalized spacial score (nSPS) is 30.2. The van der Waals surface area contributed by atoms with E-state index in [9.17, 15) is 10.2 Å². The minimum atomic E-state index is -1.30. The van der Waals surface area contributed by atoms with Crippen molar-refractivity contribution in [3.8, 4) is 0 Å². The van der Waals surface area contributed by atoms with Crippen molar-refractivity contribution in [3.05, 3.63) is 5.15 Å². The minimum absolute atomic E-state index is 0.0190. The lowest BCUT2D eigenvalue weighted by Crippen LogP contribution is -2.33. The van der Waals surface area contributed by atoms with Gasteiger partial charge in [0.15, 0.2) is 22.5 Å². The van der Waals surface area contributed by atoms with Crippen LogP contribution in [0.1, 0.15) is 6.23 Å². The van der Waals surface area contributed by atoms with Crippen LogP contribution >= 0.6 is 11.6 Å². The van der Waals surface area contributed by atoms with E-state index in [0.29, 0.717) is 0 Å². The Hall–Kier alpha value is -1.59. The summed E-state index contributed by atoms with van der Waals surface area (Å²) < 4.78 is 6.48. The molecule has 4 atom stereocenters. The maximum atomic E-state index is 9.95. The number of nitrogens with zero attached hydrogens (tertiary/aromatic N) is 5. The first-order valence-electron chi connectivity index (χ1n) is 5.69. The maximum absolute atomic E-state index is 9.95. The molecule has 1 fully saturated rings. The summed E-state index contributed by atoms with van der Waals surface area (Å²) in [7, 11) is 0. The number of aliphatic hydroxyl groups excluding tert-OH is 3. The monoisotopic (exact) mass is 302 g/mol. The van der Waals surface area contributed by atoms with Gasteiger partial charge in [0.25, 0.3) is 0 Å². The number of nitrogen functional groups attached to an aromatic ring is 1. The highest BCUT2D eigenvalue weighted by Crippen LogP contribution is 2.31. The highest BCUT2D eigenvalue weighted by molar-refractivity contribution is 6.33. The second-order valence-electron chi connectivity index (χ2n) is 4.31. The molecule has 5 N–H and O–H groups in total. The fraction of sp³-hybridized carbons (Fsp3) is 0.556. The number of anilines is 1. The number of nitrogens with two attached hydrogens (primary N) is 1. The van der Waals surface area contributed by atoms with E-state index in [4.69, 9.17) is 27.2 Å². The van der Waals surface area contributed by atoms with Crippen molar-refractivity contribution in [1.82, 2.24) is 25.0 Å². The van der Waals surface area contributed by atoms with Gasteiger partial charge in [-0.2, -0.15) is 14.6 Å². The smallest absolute Gasteiger partial charge is 0.223 e. The van der Waals surface area contributed by atoms with Crippen molar-refractivity contribution in [2.24, 2.45) is 0 Å². The molecule has 0 spiro atoms. The summed E-state index contributed by atoms with van der Waals surface area (Å²) in [6.07, 6.45) is -4.53. The molecule has 0 radical (unpaired) electrons. The third-order valence-corrected chi connectivity index (χ3v) is 3.32. The van der Waals surface area contributed by atoms with Crippen LogP contribution in [0.5, 0.6) is 0 Å². The highest BCUT2D eigenvalue weighted by atomic mass is 35.5. The molecule has 3 rings (SSSR count). The zero-order valence-corrected chi connectivity index (χ0v) is 10.7. The second-order valence-corrected chi connectivity index (χ2v) is 4.67. The summed E-state index contributed by atoms with van der Waals surface area (Å²) in [6, 6.07) is 0. The van der Waals surface area contributed by atoms with E-state index in [1.54, 1.807) is 0 Å². The molecule has 2 aromatic heterocycles. The number of hydrogen-bond donors (Lipinski definition) is 4. The Balaban J connectivity index is 2.07. The van der Waals surface area contributed by atoms with Crippen LogP contribution in [-0.4, -0.2) is 65.2 Å². The lowest BCUT2D eigenvalue weighted by molar-refractivity contribution is -0.0574. The first kappa shape index (κ1) is 13.4. The molecular weight excluding hydrogens is 292 g/mol. The number of ether oxygens (including phenoxy) is 1. The molecule has 1 aliphatic rings. The van der Waals surface area contributed by atoms with Crippen LogP contribution in [0.2, 0.25) is 5.15 Å². The Kier molecular flexibility index (Phi) is 3.18. The minimum Gasteiger partial charge on any atom is -0.394 e. The molecule has 10 nitrogen and oxygen atoms in total. The average molecular weight is 303 g/mol. The SMILES string of the molecule is Nc1nc(Cl)c2nnn(C3OC(CO)C(O)C3O)c2n1. The van der Waals surface area contributed by atoms with Crippen molar-refractivity contribution >= 4 is 28.7 Å². The first-order chi connectivity index (χ1) is 9.52. The lowest BCUT2D eigenvalue weighted by Gasteiger charge is -2.14. The van der Waals surface area contributed by atoms with Crippen LogP contribution < -0.4 is 5.73 Å². The fourth-order valence-electron chi connectivity index (χ4n) is 2.07. The van der Waals surface area contributed by atoms with Gasteiger partial charge in [0.1, 0.15) is 18.3 Å². The summed E-state index contributed by atoms with van der Waals surface area (Å²) in [6.45, 7) is -0.445. The Morgan fingerprint density at radius 2 is 2.05 bits per heavy atom. The van der Waals surface area contributed by atoms with E-state index in [2.05, 4.69) is 20.3 Å². The standard InChI is InChI=1S/C9H11ClN6O4/c10-6-3-7(13-9(11)12-6)16(15-14-3)8-5(19)4(18)2(1-17)20-8/h2,4-5,8,17-19H,1H2,(H2,11,12,13). The molecule has 3 heterocycles. The maximum Gasteiger partial charge on any atom is 0.223 e. The molecule has 0 saturated carbocycles. The van der Waals surface area contributed by atoms with E-state index in [1.165, 1.54) is 0 Å². The highest BCUT2D eigenvalue weighted by Gasteiger charge is 2.44. The second kappa shape index (κ2) is 4.75. The average Bonchev–Trinajstić information content (AvgIpc) is 2.93. The molecule has 1 aliphatic heterocycles. The van der Waals surface area contributed by atoms with E-state index in [1.807, 2.05) is 0 Å². The molecule has 2 aromatic rings. The van der Waals surface area contributed by atoms with Gasteiger partial charge < -0.3 is 25.8 Å². The quantitative estimate of drug-likeness (QED) is 0.464. The summed E-state index contributed by atoms with van der Waals surface area (Å²) >= 11 is 5.86. The number of fused-ring (bicyclic) bond motifs is 1. The topological polar surface area (TPSA) is 152 Å². The molecule has 0 aliphatic carbocycles. The molecule has 108 valence electrons. The number of aromatic nitrogens is 5. The number of hydrogen-bond acceptors (Lipinski definition) is 9. The van der Waals surface area contributed by atoms with Crippen molar-refractivity contribution in [1.29, 1.82) is 0 Å². The van der Waals surface area contributed by atoms with Crippen LogP contribution in [-0.2, 0) is 4.74 Å². The fourth-order valence-corrected chi connectivity index (χ4v) is 2.28. The third-order valence-electron chi connectivity index (χ3n) is 3.06. The van der Waals surface area contributed by atoms with Crippen LogP contribution in [0.3, 0.4) is 0 Å². The van der Waals surface area contributed by atoms with Crippen LogP contribution in [0.4, 0.5) is 5.95 Å². The number of rotatable bonds is 2. The van der Waals surface area contributed by atoms with Gasteiger partial charge in [0, 0.05) is 0 Å². The van der Waals surface area contributed by atoms with Crippen molar-refractivity contribution in [2.75, 3.05) is 12.3 Å². The van der Waals surface area contributed by atoms with Gasteiger partial charge in [0.2, 0.25) is 5.95 Å². The van der Waals surface area contributed by atoms with Crippen LogP contribution in [0, 0.1) is 0 Å². The third kappa shape index (κ3) is 1.89. The summed E-state index contributed by atoms with van der Waals surface area (Å²) in [5, 5.41) is 36.3. The number of halogens is 1. The molecule has 0 bridgehead atoms. The van der Waals surface area contributed by atoms with E-state index in [0.717, 1.165) is 4.68 Å². The van der Waals surface area contributed by atoms with Gasteiger partial charge >= 0.3 is 0 Å². The number of aliphatic hydroxyl groups is 3. The summed E-state index contributed by atoms with van der Waals surface area (Å²) in [5.41, 5.74) is 5.86. The van der Waals surface area contributed by atoms with Crippen LogP contribution in [0.25, 0.3) is 11.2 Å². The molecular formula is C9H11ClN6O4. The first-order valence-corrected chi connectivity index (χ1v) is 6.07. The molecule has 4 unspecified atom stereocenters. The van der Waals surface area contributed by atoms with Gasteiger partial charge in [-0.1, -0.05) is 16.8 Å². The van der Waals surface area contributed by atoms with Crippen molar-refractivity contribution in [2.45, 2.75) is 24.5 Å². The Bertz CT molecular complexity index is 651. The predicted octanol–water partition coefficient (Wildman–Crippen LogP) is -1.93. The van der Waals surface area contributed by atoms with Crippen molar-refractivity contribution in [3.63, 3.8) is 0 Å². The lowest BCUT2D eigenvalue weighted by atomic mass is 10.1. The Morgan fingerprint density at radius 3 is 2.70 bits per heavy atom. The van der Waals surface area contributed by atoms with Gasteiger partial charge in [-0.15, -0.1) is 5.10 Å². The zero-order valence-electron chi connectivity index (χ0n) is 9.96. The molecule has 1 saturated heterocycles. The Morgan fingerprint density at radius 1 is 1.30 bits per heavy atom. The van der Waals surface area contributed by atoms with Gasteiger partial charge in [-0.3, -0.25) is 0 Å². The van der Waals surface area contributed by atoms with E-state index < -0.39 is 31.1 Å². The summed E-state index contributed by atoms with van der Waals surface area (Å²) in [5.74, 6) is -0.0854. The van der Waals surface area contributed by atoms with Crippen LogP contribution in [0.15, 0.2) is 0 Å². The summed E-state index contributed by atoms with van der Waals surface area (Å²) in [4.78, 5) is 7.67.